The summed E-state index contributed by atoms with van der Waals surface area (Å²) < 4.78 is 26.8. The maximum Gasteiger partial charge on any atom is 0.320 e. The van der Waals surface area contributed by atoms with Crippen LogP contribution in [0.2, 0.25) is 10.0 Å². The molecule has 0 spiro atoms. The fourth-order valence-corrected chi connectivity index (χ4v) is 4.78. The highest BCUT2D eigenvalue weighted by Gasteiger charge is 2.37. The van der Waals surface area contributed by atoms with Crippen molar-refractivity contribution in [3.63, 3.8) is 0 Å². The third-order valence-electron chi connectivity index (χ3n) is 5.26. The standard InChI is InChI=1S/C21H29Cl2N5O3S/c1-5-10-30-17-12-16(23)15(22)11-14(17)18(27-32(29)21(2,3)4)13-6-8-28(9-7-13)20-25-19(24)31-26-20/h5,11-13,18,27H,1,6-10H2,2-4H3,(H2,24,25,26)/t18?,32-/m0/s1. The Morgan fingerprint density at radius 2 is 2.03 bits per heavy atom. The first-order valence-corrected chi connectivity index (χ1v) is 12.3. The molecule has 176 valence electrons. The summed E-state index contributed by atoms with van der Waals surface area (Å²) in [5.74, 6) is 1.23. The number of anilines is 2. The molecule has 0 aliphatic carbocycles. The smallest absolute Gasteiger partial charge is 0.320 e. The van der Waals surface area contributed by atoms with Gasteiger partial charge in [-0.25, -0.2) is 0 Å². The largest absolute Gasteiger partial charge is 0.598 e. The van der Waals surface area contributed by atoms with E-state index in [1.807, 2.05) is 25.7 Å². The van der Waals surface area contributed by atoms with Gasteiger partial charge in [-0.2, -0.15) is 4.98 Å². The van der Waals surface area contributed by atoms with Crippen LogP contribution in [0.5, 0.6) is 5.75 Å². The van der Waals surface area contributed by atoms with Crippen molar-refractivity contribution in [2.45, 2.75) is 44.4 Å². The van der Waals surface area contributed by atoms with Crippen molar-refractivity contribution >= 4 is 46.5 Å². The molecule has 2 atom stereocenters. The van der Waals surface area contributed by atoms with E-state index in [2.05, 4.69) is 21.4 Å². The molecule has 32 heavy (non-hydrogen) atoms. The number of aromatic nitrogens is 2. The molecule has 2 heterocycles. The molecule has 1 aromatic carbocycles. The highest BCUT2D eigenvalue weighted by molar-refractivity contribution is 7.90. The Morgan fingerprint density at radius 3 is 2.59 bits per heavy atom. The van der Waals surface area contributed by atoms with Gasteiger partial charge in [0.1, 0.15) is 17.1 Å². The predicted octanol–water partition coefficient (Wildman–Crippen LogP) is 4.53. The van der Waals surface area contributed by atoms with Gasteiger partial charge in [0.15, 0.2) is 0 Å². The number of nitrogens with two attached hydrogens (primary N) is 1. The number of nitrogens with one attached hydrogen (secondary N) is 1. The van der Waals surface area contributed by atoms with Crippen LogP contribution in [0.25, 0.3) is 0 Å². The first-order valence-electron chi connectivity index (χ1n) is 10.3. The van der Waals surface area contributed by atoms with Crippen LogP contribution in [0.15, 0.2) is 29.3 Å². The Bertz CT molecular complexity index is 929. The van der Waals surface area contributed by atoms with E-state index in [1.165, 1.54) is 0 Å². The molecule has 3 rings (SSSR count). The van der Waals surface area contributed by atoms with Gasteiger partial charge < -0.3 is 24.4 Å². The van der Waals surface area contributed by atoms with E-state index in [4.69, 9.17) is 38.2 Å². The van der Waals surface area contributed by atoms with E-state index in [-0.39, 0.29) is 18.0 Å². The molecule has 1 aliphatic rings. The number of benzene rings is 1. The average Bonchev–Trinajstić information content (AvgIpc) is 3.18. The summed E-state index contributed by atoms with van der Waals surface area (Å²) in [5, 5.41) is 4.72. The van der Waals surface area contributed by atoms with Crippen LogP contribution < -0.4 is 20.1 Å². The van der Waals surface area contributed by atoms with E-state index in [0.717, 1.165) is 18.4 Å². The zero-order valence-electron chi connectivity index (χ0n) is 18.4. The number of nitrogens with zero attached hydrogens (tertiary/aromatic N) is 3. The number of piperidine rings is 1. The molecule has 1 aliphatic heterocycles. The Morgan fingerprint density at radius 1 is 1.38 bits per heavy atom. The van der Waals surface area contributed by atoms with E-state index < -0.39 is 16.1 Å². The normalized spacial score (nSPS) is 17.2. The molecule has 1 unspecified atom stereocenters. The highest BCUT2D eigenvalue weighted by Crippen LogP contribution is 2.41. The number of nitrogen functional groups attached to an aromatic ring is 1. The predicted molar refractivity (Wildman–Crippen MR) is 130 cm³/mol. The molecule has 2 aromatic rings. The lowest BCUT2D eigenvalue weighted by atomic mass is 9.85. The minimum Gasteiger partial charge on any atom is -0.598 e. The van der Waals surface area contributed by atoms with Crippen LogP contribution in [0.4, 0.5) is 12.0 Å². The zero-order chi connectivity index (χ0) is 23.5. The lowest BCUT2D eigenvalue weighted by Gasteiger charge is -2.37. The summed E-state index contributed by atoms with van der Waals surface area (Å²) in [7, 11) is 0. The van der Waals surface area contributed by atoms with Crippen molar-refractivity contribution in [1.29, 1.82) is 0 Å². The molecule has 1 fully saturated rings. The Hall–Kier alpha value is -1.65. The SMILES string of the molecule is C=CCOc1cc(Cl)c(Cl)cc1C(N[S@@+]([O-])C(C)(C)C)C1CCN(c2noc(N)n2)CC1. The van der Waals surface area contributed by atoms with Gasteiger partial charge in [0.05, 0.1) is 16.1 Å². The van der Waals surface area contributed by atoms with Gasteiger partial charge in [0.25, 0.3) is 5.95 Å². The van der Waals surface area contributed by atoms with Gasteiger partial charge >= 0.3 is 6.01 Å². The van der Waals surface area contributed by atoms with Crippen LogP contribution >= 0.6 is 23.2 Å². The fraction of sp³-hybridized carbons (Fsp3) is 0.524. The molecule has 11 heteroatoms. The van der Waals surface area contributed by atoms with Crippen LogP contribution in [0, 0.1) is 5.92 Å². The summed E-state index contributed by atoms with van der Waals surface area (Å²) in [6.45, 7) is 11.2. The third kappa shape index (κ3) is 6.02. The Kier molecular flexibility index (Phi) is 8.21. The summed E-state index contributed by atoms with van der Waals surface area (Å²) in [6.07, 6.45) is 3.26. The number of rotatable bonds is 8. The first kappa shape index (κ1) is 25.0. The van der Waals surface area contributed by atoms with Crippen molar-refractivity contribution in [3.05, 3.63) is 40.4 Å². The van der Waals surface area contributed by atoms with Gasteiger partial charge in [-0.15, -0.1) is 4.72 Å². The second kappa shape index (κ2) is 10.5. The van der Waals surface area contributed by atoms with Crippen LogP contribution in [-0.4, -0.2) is 39.1 Å². The summed E-state index contributed by atoms with van der Waals surface area (Å²) in [6, 6.07) is 3.28. The Balaban J connectivity index is 1.89. The summed E-state index contributed by atoms with van der Waals surface area (Å²) in [5.41, 5.74) is 6.38. The molecule has 8 nitrogen and oxygen atoms in total. The van der Waals surface area contributed by atoms with Crippen molar-refractivity contribution in [1.82, 2.24) is 14.9 Å². The van der Waals surface area contributed by atoms with Crippen LogP contribution in [-0.2, 0) is 11.4 Å². The molecule has 3 N–H and O–H groups in total. The fourth-order valence-electron chi connectivity index (χ4n) is 3.55. The third-order valence-corrected chi connectivity index (χ3v) is 7.56. The maximum atomic E-state index is 13.1. The second-order valence-electron chi connectivity index (χ2n) is 8.64. The van der Waals surface area contributed by atoms with E-state index >= 15 is 0 Å². The molecule has 0 amide bonds. The molecular weight excluding hydrogens is 473 g/mol. The number of ether oxygens (including phenoxy) is 1. The lowest BCUT2D eigenvalue weighted by Crippen LogP contribution is -2.46. The molecule has 0 bridgehead atoms. The van der Waals surface area contributed by atoms with Crippen LogP contribution in [0.3, 0.4) is 0 Å². The first-order chi connectivity index (χ1) is 15.1. The van der Waals surface area contributed by atoms with Crippen molar-refractivity contribution in [2.75, 3.05) is 30.3 Å². The van der Waals surface area contributed by atoms with Gasteiger partial charge in [-0.1, -0.05) is 35.9 Å². The quantitative estimate of drug-likeness (QED) is 0.400. The van der Waals surface area contributed by atoms with Gasteiger partial charge in [0.2, 0.25) is 0 Å². The molecule has 1 saturated heterocycles. The minimum absolute atomic E-state index is 0.0436. The molecule has 0 saturated carbocycles. The summed E-state index contributed by atoms with van der Waals surface area (Å²) >= 11 is 11.3. The molecule has 1 aromatic heterocycles. The summed E-state index contributed by atoms with van der Waals surface area (Å²) in [4.78, 5) is 6.14. The topological polar surface area (TPSA) is 112 Å². The Labute approximate surface area is 201 Å². The second-order valence-corrected chi connectivity index (χ2v) is 11.4. The van der Waals surface area contributed by atoms with Gasteiger partial charge in [-0.3, -0.25) is 0 Å². The van der Waals surface area contributed by atoms with Crippen molar-refractivity contribution in [2.24, 2.45) is 5.92 Å². The zero-order valence-corrected chi connectivity index (χ0v) is 20.8. The van der Waals surface area contributed by atoms with Crippen molar-refractivity contribution < 1.29 is 13.8 Å². The average molecular weight is 502 g/mol. The molecule has 0 radical (unpaired) electrons. The van der Waals surface area contributed by atoms with Crippen molar-refractivity contribution in [3.8, 4) is 5.75 Å². The van der Waals surface area contributed by atoms with E-state index in [0.29, 0.717) is 41.4 Å². The molecular formula is C21H29Cl2N5O3S. The number of halogens is 2. The van der Waals surface area contributed by atoms with E-state index in [1.54, 1.807) is 18.2 Å². The highest BCUT2D eigenvalue weighted by atomic mass is 35.5. The number of hydrogen-bond donors (Lipinski definition) is 2. The van der Waals surface area contributed by atoms with Crippen LogP contribution in [0.1, 0.15) is 45.2 Å². The van der Waals surface area contributed by atoms with Gasteiger partial charge in [-0.05, 0) is 50.8 Å². The monoisotopic (exact) mass is 501 g/mol. The van der Waals surface area contributed by atoms with E-state index in [9.17, 15) is 4.55 Å². The van der Waals surface area contributed by atoms with Gasteiger partial charge in [0, 0.05) is 36.1 Å². The number of hydrogen-bond acceptors (Lipinski definition) is 8. The minimum atomic E-state index is -1.31. The maximum absolute atomic E-state index is 13.1. The lowest BCUT2D eigenvalue weighted by molar-refractivity contribution is 0.305.